The summed E-state index contributed by atoms with van der Waals surface area (Å²) in [6.07, 6.45) is 2.57. The van der Waals surface area contributed by atoms with Gasteiger partial charge >= 0.3 is 0 Å². The molecule has 0 atom stereocenters. The predicted octanol–water partition coefficient (Wildman–Crippen LogP) is 3.90. The molecule has 0 unspecified atom stereocenters. The number of halogens is 3. The van der Waals surface area contributed by atoms with E-state index in [1.807, 2.05) is 0 Å². The molecule has 0 fully saturated rings. The lowest BCUT2D eigenvalue weighted by atomic mass is 10.1. The summed E-state index contributed by atoms with van der Waals surface area (Å²) >= 11 is 11.7. The summed E-state index contributed by atoms with van der Waals surface area (Å²) in [5.41, 5.74) is 1.03. The molecule has 0 amide bonds. The van der Waals surface area contributed by atoms with E-state index >= 15 is 0 Å². The molecular formula is C11H6Cl2FNO. The van der Waals surface area contributed by atoms with Crippen molar-refractivity contribution >= 4 is 23.2 Å². The van der Waals surface area contributed by atoms with Crippen molar-refractivity contribution in [3.8, 4) is 16.9 Å². The van der Waals surface area contributed by atoms with Gasteiger partial charge in [0.25, 0.3) is 0 Å². The van der Waals surface area contributed by atoms with Crippen molar-refractivity contribution < 1.29 is 9.50 Å². The third kappa shape index (κ3) is 2.10. The molecule has 0 spiro atoms. The zero-order chi connectivity index (χ0) is 11.7. The molecule has 0 saturated carbocycles. The molecule has 0 saturated heterocycles. The van der Waals surface area contributed by atoms with Crippen molar-refractivity contribution in [3.05, 3.63) is 46.5 Å². The van der Waals surface area contributed by atoms with Gasteiger partial charge in [-0.05, 0) is 12.1 Å². The lowest BCUT2D eigenvalue weighted by Gasteiger charge is -2.06. The molecule has 0 aliphatic heterocycles. The van der Waals surface area contributed by atoms with Gasteiger partial charge in [0, 0.05) is 23.4 Å². The quantitative estimate of drug-likeness (QED) is 0.841. The van der Waals surface area contributed by atoms with Gasteiger partial charge < -0.3 is 5.11 Å². The van der Waals surface area contributed by atoms with Gasteiger partial charge in [-0.15, -0.1) is 0 Å². The second kappa shape index (κ2) is 4.28. The second-order valence-corrected chi connectivity index (χ2v) is 3.99. The Bertz CT molecular complexity index is 546. The molecule has 0 aliphatic rings. The molecule has 0 aliphatic carbocycles. The first-order valence-electron chi connectivity index (χ1n) is 4.37. The van der Waals surface area contributed by atoms with E-state index in [0.717, 1.165) is 6.20 Å². The minimum Gasteiger partial charge on any atom is -0.506 e. The second-order valence-electron chi connectivity index (χ2n) is 3.18. The number of pyridine rings is 1. The Morgan fingerprint density at radius 1 is 1.06 bits per heavy atom. The summed E-state index contributed by atoms with van der Waals surface area (Å²) < 4.78 is 13.0. The Hall–Kier alpha value is -1.32. The van der Waals surface area contributed by atoms with Crippen LogP contribution in [0.3, 0.4) is 0 Å². The number of nitrogens with zero attached hydrogens (tertiary/aromatic N) is 1. The molecular weight excluding hydrogens is 252 g/mol. The highest BCUT2D eigenvalue weighted by Gasteiger charge is 2.09. The minimum absolute atomic E-state index is 0.111. The van der Waals surface area contributed by atoms with Crippen LogP contribution in [0.25, 0.3) is 11.1 Å². The van der Waals surface area contributed by atoms with Gasteiger partial charge in [-0.1, -0.05) is 23.2 Å². The first-order valence-corrected chi connectivity index (χ1v) is 5.12. The summed E-state index contributed by atoms with van der Waals surface area (Å²) in [5, 5.41) is 9.76. The van der Waals surface area contributed by atoms with Crippen LogP contribution < -0.4 is 0 Å². The van der Waals surface area contributed by atoms with Crippen LogP contribution in [0.2, 0.25) is 10.0 Å². The third-order valence-electron chi connectivity index (χ3n) is 2.05. The molecule has 16 heavy (non-hydrogen) atoms. The predicted molar refractivity (Wildman–Crippen MR) is 61.3 cm³/mol. The van der Waals surface area contributed by atoms with Crippen LogP contribution in [0.5, 0.6) is 5.75 Å². The fourth-order valence-electron chi connectivity index (χ4n) is 1.32. The third-order valence-corrected chi connectivity index (χ3v) is 2.67. The van der Waals surface area contributed by atoms with Gasteiger partial charge in [0.1, 0.15) is 11.6 Å². The number of rotatable bonds is 1. The van der Waals surface area contributed by atoms with Crippen molar-refractivity contribution in [2.75, 3.05) is 0 Å². The summed E-state index contributed by atoms with van der Waals surface area (Å²) in [7, 11) is 0. The number of benzene rings is 1. The maximum atomic E-state index is 13.0. The lowest BCUT2D eigenvalue weighted by Crippen LogP contribution is -1.84. The number of phenolic OH excluding ortho intramolecular Hbond substituents is 1. The summed E-state index contributed by atoms with van der Waals surface area (Å²) in [6, 6.07) is 4.07. The van der Waals surface area contributed by atoms with E-state index in [1.54, 1.807) is 0 Å². The summed E-state index contributed by atoms with van der Waals surface area (Å²) in [5.74, 6) is -0.572. The molecule has 2 rings (SSSR count). The van der Waals surface area contributed by atoms with Crippen LogP contribution in [-0.2, 0) is 0 Å². The van der Waals surface area contributed by atoms with E-state index in [4.69, 9.17) is 23.2 Å². The van der Waals surface area contributed by atoms with Crippen LogP contribution in [-0.4, -0.2) is 10.1 Å². The van der Waals surface area contributed by atoms with E-state index in [-0.39, 0.29) is 15.8 Å². The van der Waals surface area contributed by atoms with Crippen LogP contribution >= 0.6 is 23.2 Å². The molecule has 0 bridgehead atoms. The zero-order valence-electron chi connectivity index (χ0n) is 7.92. The fourth-order valence-corrected chi connectivity index (χ4v) is 1.75. The molecule has 0 radical (unpaired) electrons. The summed E-state index contributed by atoms with van der Waals surface area (Å²) in [4.78, 5) is 3.71. The molecule has 5 heteroatoms. The van der Waals surface area contributed by atoms with Crippen molar-refractivity contribution in [3.63, 3.8) is 0 Å². The van der Waals surface area contributed by atoms with Gasteiger partial charge in [-0.3, -0.25) is 4.98 Å². The average Bonchev–Trinajstić information content (AvgIpc) is 2.23. The highest BCUT2D eigenvalue weighted by molar-refractivity contribution is 6.36. The lowest BCUT2D eigenvalue weighted by molar-refractivity contribution is 0.475. The van der Waals surface area contributed by atoms with Gasteiger partial charge in [0.2, 0.25) is 0 Å². The highest BCUT2D eigenvalue weighted by Crippen LogP contribution is 2.35. The number of phenols is 1. The molecule has 1 aromatic heterocycles. The van der Waals surface area contributed by atoms with Crippen molar-refractivity contribution in [1.29, 1.82) is 0 Å². The Labute approximate surface area is 101 Å². The zero-order valence-corrected chi connectivity index (χ0v) is 9.43. The van der Waals surface area contributed by atoms with Crippen LogP contribution in [0.1, 0.15) is 0 Å². The first-order chi connectivity index (χ1) is 7.58. The number of aromatic nitrogens is 1. The number of aromatic hydroxyl groups is 1. The topological polar surface area (TPSA) is 33.1 Å². The van der Waals surface area contributed by atoms with Gasteiger partial charge in [0.15, 0.2) is 0 Å². The van der Waals surface area contributed by atoms with E-state index in [2.05, 4.69) is 4.98 Å². The highest BCUT2D eigenvalue weighted by atomic mass is 35.5. The molecule has 1 aromatic carbocycles. The number of hydrogen-bond acceptors (Lipinski definition) is 2. The molecule has 82 valence electrons. The van der Waals surface area contributed by atoms with E-state index in [9.17, 15) is 9.50 Å². The monoisotopic (exact) mass is 257 g/mol. The SMILES string of the molecule is Oc1cc(Cl)c(-c2cncc(F)c2)cc1Cl. The molecule has 2 nitrogen and oxygen atoms in total. The fraction of sp³-hybridized carbons (Fsp3) is 0. The Morgan fingerprint density at radius 3 is 2.50 bits per heavy atom. The van der Waals surface area contributed by atoms with Crippen molar-refractivity contribution in [2.24, 2.45) is 0 Å². The largest absolute Gasteiger partial charge is 0.506 e. The minimum atomic E-state index is -0.460. The summed E-state index contributed by atoms with van der Waals surface area (Å²) in [6.45, 7) is 0. The van der Waals surface area contributed by atoms with Crippen LogP contribution in [0.15, 0.2) is 30.6 Å². The van der Waals surface area contributed by atoms with Gasteiger partial charge in [0.05, 0.1) is 16.2 Å². The average molecular weight is 258 g/mol. The van der Waals surface area contributed by atoms with Gasteiger partial charge in [-0.25, -0.2) is 4.39 Å². The van der Waals surface area contributed by atoms with Crippen molar-refractivity contribution in [2.45, 2.75) is 0 Å². The maximum absolute atomic E-state index is 13.0. The molecule has 2 aromatic rings. The molecule has 1 N–H and O–H groups in total. The number of hydrogen-bond donors (Lipinski definition) is 1. The van der Waals surface area contributed by atoms with E-state index in [0.29, 0.717) is 11.1 Å². The van der Waals surface area contributed by atoms with Crippen LogP contribution in [0.4, 0.5) is 4.39 Å². The van der Waals surface area contributed by atoms with Crippen LogP contribution in [0, 0.1) is 5.82 Å². The normalized spacial score (nSPS) is 10.4. The Morgan fingerprint density at radius 2 is 1.81 bits per heavy atom. The smallest absolute Gasteiger partial charge is 0.142 e. The maximum Gasteiger partial charge on any atom is 0.142 e. The Kier molecular flexibility index (Phi) is 2.99. The first kappa shape index (κ1) is 11.2. The Balaban J connectivity index is 2.60. The molecule has 1 heterocycles. The standard InChI is InChI=1S/C11H6Cl2FNO/c12-9-3-11(16)10(13)2-8(9)6-1-7(14)5-15-4-6/h1-5,16H. The van der Waals surface area contributed by atoms with E-state index in [1.165, 1.54) is 24.4 Å². The van der Waals surface area contributed by atoms with Crippen molar-refractivity contribution in [1.82, 2.24) is 4.98 Å². The van der Waals surface area contributed by atoms with Gasteiger partial charge in [-0.2, -0.15) is 0 Å². The van der Waals surface area contributed by atoms with E-state index < -0.39 is 5.82 Å².